The van der Waals surface area contributed by atoms with Crippen LogP contribution in [0, 0.1) is 5.92 Å². The third-order valence-electron chi connectivity index (χ3n) is 7.20. The van der Waals surface area contributed by atoms with E-state index in [1.807, 2.05) is 34.1 Å². The average molecular weight is 448 g/mol. The summed E-state index contributed by atoms with van der Waals surface area (Å²) in [5, 5.41) is 3.33. The van der Waals surface area contributed by atoms with Crippen molar-refractivity contribution in [1.82, 2.24) is 15.1 Å². The first-order valence-corrected chi connectivity index (χ1v) is 12.3. The Bertz CT molecular complexity index is 979. The van der Waals surface area contributed by atoms with Gasteiger partial charge in [0.2, 0.25) is 5.91 Å². The Labute approximate surface area is 195 Å². The minimum absolute atomic E-state index is 0.0696. The van der Waals surface area contributed by atoms with Gasteiger partial charge in [0.25, 0.3) is 0 Å². The average Bonchev–Trinajstić information content (AvgIpc) is 3.42. The number of likely N-dealkylation sites (tertiary alicyclic amines) is 2. The monoisotopic (exact) mass is 447 g/mol. The highest BCUT2D eigenvalue weighted by Crippen LogP contribution is 2.31. The topological polar surface area (TPSA) is 61.9 Å². The Morgan fingerprint density at radius 3 is 2.36 bits per heavy atom. The van der Waals surface area contributed by atoms with Gasteiger partial charge in [0.05, 0.1) is 12.6 Å². The smallest absolute Gasteiger partial charge is 0.319 e. The zero-order valence-corrected chi connectivity index (χ0v) is 19.2. The maximum absolute atomic E-state index is 13.3. The summed E-state index contributed by atoms with van der Waals surface area (Å²) >= 11 is 0. The van der Waals surface area contributed by atoms with Crippen LogP contribution in [0.25, 0.3) is 0 Å². The van der Waals surface area contributed by atoms with E-state index >= 15 is 0 Å². The van der Waals surface area contributed by atoms with Gasteiger partial charge in [-0.2, -0.15) is 0 Å². The van der Waals surface area contributed by atoms with Crippen LogP contribution < -0.4 is 10.1 Å². The molecule has 0 saturated carbocycles. The van der Waals surface area contributed by atoms with Crippen molar-refractivity contribution in [2.75, 3.05) is 32.8 Å². The van der Waals surface area contributed by atoms with Gasteiger partial charge in [-0.1, -0.05) is 36.4 Å². The van der Waals surface area contributed by atoms with Gasteiger partial charge >= 0.3 is 6.03 Å². The van der Waals surface area contributed by atoms with E-state index in [4.69, 9.17) is 4.74 Å². The van der Waals surface area contributed by atoms with Gasteiger partial charge in [-0.05, 0) is 67.3 Å². The molecule has 33 heavy (non-hydrogen) atoms. The van der Waals surface area contributed by atoms with E-state index in [1.165, 1.54) is 5.56 Å². The molecule has 0 bridgehead atoms. The van der Waals surface area contributed by atoms with E-state index in [2.05, 4.69) is 29.6 Å². The molecule has 0 aromatic heterocycles. The third kappa shape index (κ3) is 4.85. The second-order valence-corrected chi connectivity index (χ2v) is 9.41. The zero-order chi connectivity index (χ0) is 22.6. The minimum Gasteiger partial charge on any atom is -0.493 e. The van der Waals surface area contributed by atoms with E-state index in [-0.39, 0.29) is 23.9 Å². The number of rotatable bonds is 4. The highest BCUT2D eigenvalue weighted by Gasteiger charge is 2.31. The second kappa shape index (κ2) is 9.86. The van der Waals surface area contributed by atoms with E-state index < -0.39 is 0 Å². The molecule has 1 unspecified atom stereocenters. The number of nitrogens with one attached hydrogen (secondary N) is 1. The summed E-state index contributed by atoms with van der Waals surface area (Å²) in [4.78, 5) is 29.9. The van der Waals surface area contributed by atoms with Gasteiger partial charge < -0.3 is 19.9 Å². The van der Waals surface area contributed by atoms with E-state index in [0.717, 1.165) is 62.3 Å². The van der Waals surface area contributed by atoms with Crippen molar-refractivity contribution in [3.05, 3.63) is 65.2 Å². The predicted octanol–water partition coefficient (Wildman–Crippen LogP) is 4.15. The molecule has 0 aliphatic carbocycles. The molecule has 5 rings (SSSR count). The van der Waals surface area contributed by atoms with Crippen LogP contribution in [-0.2, 0) is 11.2 Å². The summed E-state index contributed by atoms with van der Waals surface area (Å²) in [7, 11) is 0. The van der Waals surface area contributed by atoms with Crippen molar-refractivity contribution < 1.29 is 14.3 Å². The number of carbonyl (C=O) groups excluding carboxylic acids is 2. The highest BCUT2D eigenvalue weighted by atomic mass is 16.5. The number of urea groups is 1. The van der Waals surface area contributed by atoms with Crippen molar-refractivity contribution in [2.45, 2.75) is 44.6 Å². The van der Waals surface area contributed by atoms with E-state index in [9.17, 15) is 9.59 Å². The first-order valence-electron chi connectivity index (χ1n) is 12.3. The van der Waals surface area contributed by atoms with Crippen LogP contribution in [0.3, 0.4) is 0 Å². The van der Waals surface area contributed by atoms with E-state index in [0.29, 0.717) is 25.9 Å². The molecule has 6 nitrogen and oxygen atoms in total. The van der Waals surface area contributed by atoms with Crippen LogP contribution in [0.15, 0.2) is 48.5 Å². The fourth-order valence-electron chi connectivity index (χ4n) is 5.27. The lowest BCUT2D eigenvalue weighted by Gasteiger charge is -2.34. The molecule has 0 radical (unpaired) electrons. The number of piperidine rings is 1. The van der Waals surface area contributed by atoms with Crippen molar-refractivity contribution >= 4 is 11.9 Å². The summed E-state index contributed by atoms with van der Waals surface area (Å²) < 4.78 is 5.78. The molecule has 6 heteroatoms. The molecule has 3 heterocycles. The lowest BCUT2D eigenvalue weighted by atomic mass is 9.92. The Morgan fingerprint density at radius 1 is 0.879 bits per heavy atom. The molecule has 174 valence electrons. The van der Waals surface area contributed by atoms with Gasteiger partial charge in [-0.3, -0.25) is 4.79 Å². The van der Waals surface area contributed by atoms with E-state index in [1.54, 1.807) is 0 Å². The quantitative estimate of drug-likeness (QED) is 0.766. The fraction of sp³-hybridized carbons (Fsp3) is 0.481. The third-order valence-corrected chi connectivity index (χ3v) is 7.20. The number of aryl methyl sites for hydroxylation is 1. The van der Waals surface area contributed by atoms with Crippen molar-refractivity contribution in [3.63, 3.8) is 0 Å². The van der Waals surface area contributed by atoms with Crippen LogP contribution in [-0.4, -0.2) is 54.5 Å². The number of fused-ring (bicyclic) bond motifs is 1. The van der Waals surface area contributed by atoms with Crippen LogP contribution in [0.4, 0.5) is 4.79 Å². The molecule has 1 N–H and O–H groups in total. The summed E-state index contributed by atoms with van der Waals surface area (Å²) in [5.74, 6) is 0.962. The van der Waals surface area contributed by atoms with Gasteiger partial charge in [0, 0.05) is 32.1 Å². The molecule has 3 aliphatic heterocycles. The summed E-state index contributed by atoms with van der Waals surface area (Å²) in [6, 6.07) is 16.4. The SMILES string of the molecule is O=C(NC(c1ccccc1)c1ccc2c(c1)CCCO2)C1CCN(C(=O)N2CCCC2)CC1. The summed E-state index contributed by atoms with van der Waals surface area (Å²) in [6.07, 6.45) is 5.65. The van der Waals surface area contributed by atoms with Crippen molar-refractivity contribution in [3.8, 4) is 5.75 Å². The van der Waals surface area contributed by atoms with Gasteiger partial charge in [-0.15, -0.1) is 0 Å². The zero-order valence-electron chi connectivity index (χ0n) is 19.2. The number of hydrogen-bond acceptors (Lipinski definition) is 3. The number of carbonyl (C=O) groups is 2. The molecule has 2 aromatic rings. The number of amides is 3. The Kier molecular flexibility index (Phi) is 6.51. The first-order chi connectivity index (χ1) is 16.2. The standard InChI is InChI=1S/C27H33N3O3/c31-26(21-12-16-30(17-13-21)27(32)29-14-4-5-15-29)28-25(20-7-2-1-3-8-20)23-10-11-24-22(19-23)9-6-18-33-24/h1-3,7-8,10-11,19,21,25H,4-6,9,12-18H2,(H,28,31). The maximum Gasteiger partial charge on any atom is 0.319 e. The predicted molar refractivity (Wildman–Crippen MR) is 127 cm³/mol. The van der Waals surface area contributed by atoms with Gasteiger partial charge in [0.1, 0.15) is 5.75 Å². The molecular weight excluding hydrogens is 414 g/mol. The molecular formula is C27H33N3O3. The molecule has 1 atom stereocenters. The number of ether oxygens (including phenoxy) is 1. The largest absolute Gasteiger partial charge is 0.493 e. The highest BCUT2D eigenvalue weighted by molar-refractivity contribution is 5.80. The fourth-order valence-corrected chi connectivity index (χ4v) is 5.27. The number of benzene rings is 2. The van der Waals surface area contributed by atoms with Crippen LogP contribution in [0.2, 0.25) is 0 Å². The molecule has 2 saturated heterocycles. The summed E-state index contributed by atoms with van der Waals surface area (Å²) in [5.41, 5.74) is 3.37. The van der Waals surface area contributed by atoms with Crippen LogP contribution >= 0.6 is 0 Å². The van der Waals surface area contributed by atoms with Crippen LogP contribution in [0.5, 0.6) is 5.75 Å². The molecule has 2 fully saturated rings. The molecule has 3 amide bonds. The Balaban J connectivity index is 1.27. The Hall–Kier alpha value is -3.02. The normalized spacial score (nSPS) is 19.5. The lowest BCUT2D eigenvalue weighted by Crippen LogP contribution is -2.48. The van der Waals surface area contributed by atoms with Gasteiger partial charge in [0.15, 0.2) is 0 Å². The van der Waals surface area contributed by atoms with Gasteiger partial charge in [-0.25, -0.2) is 4.79 Å². The maximum atomic E-state index is 13.3. The molecule has 3 aliphatic rings. The first kappa shape index (κ1) is 21.8. The second-order valence-electron chi connectivity index (χ2n) is 9.41. The lowest BCUT2D eigenvalue weighted by molar-refractivity contribution is -0.126. The molecule has 2 aromatic carbocycles. The molecule has 0 spiro atoms. The Morgan fingerprint density at radius 2 is 1.61 bits per heavy atom. The van der Waals surface area contributed by atoms with Crippen molar-refractivity contribution in [2.24, 2.45) is 5.92 Å². The summed E-state index contributed by atoms with van der Waals surface area (Å²) in [6.45, 7) is 3.80. The van der Waals surface area contributed by atoms with Crippen LogP contribution in [0.1, 0.15) is 54.8 Å². The van der Waals surface area contributed by atoms with Crippen molar-refractivity contribution in [1.29, 1.82) is 0 Å². The number of hydrogen-bond donors (Lipinski definition) is 1. The number of nitrogens with zero attached hydrogens (tertiary/aromatic N) is 2. The minimum atomic E-state index is -0.199.